The number of quaternary nitrogens is 1. The van der Waals surface area contributed by atoms with E-state index in [1.807, 2.05) is 18.2 Å². The van der Waals surface area contributed by atoms with Crippen molar-refractivity contribution in [1.29, 1.82) is 0 Å². The van der Waals surface area contributed by atoms with Gasteiger partial charge in [0.15, 0.2) is 0 Å². The molecule has 0 aromatic carbocycles. The highest BCUT2D eigenvalue weighted by atomic mass is 15.3. The summed E-state index contributed by atoms with van der Waals surface area (Å²) in [7, 11) is 2.17. The second-order valence-electron chi connectivity index (χ2n) is 3.03. The molecule has 62 valence electrons. The van der Waals surface area contributed by atoms with E-state index in [9.17, 15) is 0 Å². The van der Waals surface area contributed by atoms with E-state index in [1.54, 1.807) is 0 Å². The highest BCUT2D eigenvalue weighted by Gasteiger charge is 2.14. The lowest BCUT2D eigenvalue weighted by atomic mass is 10.3. The Morgan fingerprint density at radius 1 is 0.909 bits per heavy atom. The maximum atomic E-state index is 3.73. The second-order valence-corrected chi connectivity index (χ2v) is 3.03. The summed E-state index contributed by atoms with van der Waals surface area (Å²) in [5.74, 6) is 0. The third-order valence-corrected chi connectivity index (χ3v) is 1.71. The molecule has 0 rings (SSSR count). The number of likely N-dealkylation sites (N-methyl/N-ethyl adjacent to an activating group) is 1. The second kappa shape index (κ2) is 4.91. The molecule has 0 N–H and O–H groups in total. The molecule has 1 heteroatoms. The first kappa shape index (κ1) is 10.2. The van der Waals surface area contributed by atoms with Crippen LogP contribution in [0.3, 0.4) is 0 Å². The lowest BCUT2D eigenvalue weighted by Crippen LogP contribution is -2.44. The van der Waals surface area contributed by atoms with Gasteiger partial charge in [0.25, 0.3) is 0 Å². The molecule has 0 aliphatic heterocycles. The monoisotopic (exact) mass is 152 g/mol. The summed E-state index contributed by atoms with van der Waals surface area (Å²) < 4.78 is 0.927. The van der Waals surface area contributed by atoms with Crippen molar-refractivity contribution in [1.82, 2.24) is 0 Å². The standard InChI is InChI=1S/C10H18N/c1-5-8-11(4,9-6-2)10-7-3/h5-7H,1-3,8-10H2,4H3/q+1. The predicted molar refractivity (Wildman–Crippen MR) is 51.4 cm³/mol. The summed E-state index contributed by atoms with van der Waals surface area (Å²) in [4.78, 5) is 0. The van der Waals surface area contributed by atoms with E-state index in [0.717, 1.165) is 24.1 Å². The predicted octanol–water partition coefficient (Wildman–Crippen LogP) is 1.99. The minimum absolute atomic E-state index is 0.927. The summed E-state index contributed by atoms with van der Waals surface area (Å²) in [6.07, 6.45) is 5.81. The van der Waals surface area contributed by atoms with Gasteiger partial charge in [0.1, 0.15) is 0 Å². The van der Waals surface area contributed by atoms with E-state index in [2.05, 4.69) is 26.8 Å². The van der Waals surface area contributed by atoms with Crippen molar-refractivity contribution >= 4 is 0 Å². The van der Waals surface area contributed by atoms with Gasteiger partial charge in [-0.05, 0) is 18.2 Å². The molecule has 0 atom stereocenters. The topological polar surface area (TPSA) is 0 Å². The minimum Gasteiger partial charge on any atom is -0.316 e. The van der Waals surface area contributed by atoms with E-state index >= 15 is 0 Å². The highest BCUT2D eigenvalue weighted by molar-refractivity contribution is 4.74. The van der Waals surface area contributed by atoms with Crippen molar-refractivity contribution in [2.45, 2.75) is 0 Å². The van der Waals surface area contributed by atoms with Crippen LogP contribution in [0.25, 0.3) is 0 Å². The maximum Gasteiger partial charge on any atom is 0.0973 e. The van der Waals surface area contributed by atoms with Gasteiger partial charge in [-0.1, -0.05) is 19.7 Å². The average Bonchev–Trinajstić information content (AvgIpc) is 1.88. The largest absolute Gasteiger partial charge is 0.316 e. The van der Waals surface area contributed by atoms with Crippen LogP contribution in [0.1, 0.15) is 0 Å². The fourth-order valence-corrected chi connectivity index (χ4v) is 1.16. The fourth-order valence-electron chi connectivity index (χ4n) is 1.16. The van der Waals surface area contributed by atoms with E-state index in [-0.39, 0.29) is 0 Å². The summed E-state index contributed by atoms with van der Waals surface area (Å²) in [6, 6.07) is 0. The van der Waals surface area contributed by atoms with Crippen molar-refractivity contribution < 1.29 is 4.48 Å². The van der Waals surface area contributed by atoms with Gasteiger partial charge in [0.05, 0.1) is 26.7 Å². The average molecular weight is 152 g/mol. The van der Waals surface area contributed by atoms with E-state index in [0.29, 0.717) is 0 Å². The van der Waals surface area contributed by atoms with Gasteiger partial charge in [-0.25, -0.2) is 0 Å². The van der Waals surface area contributed by atoms with Crippen LogP contribution in [0.2, 0.25) is 0 Å². The Labute approximate surface area is 69.9 Å². The number of rotatable bonds is 6. The Balaban J connectivity index is 4.09. The van der Waals surface area contributed by atoms with Crippen LogP contribution >= 0.6 is 0 Å². The molecule has 0 saturated carbocycles. The Hall–Kier alpha value is -0.820. The Morgan fingerprint density at radius 2 is 1.18 bits per heavy atom. The van der Waals surface area contributed by atoms with Crippen molar-refractivity contribution in [3.8, 4) is 0 Å². The molecule has 0 radical (unpaired) electrons. The van der Waals surface area contributed by atoms with Crippen molar-refractivity contribution in [2.24, 2.45) is 0 Å². The van der Waals surface area contributed by atoms with Gasteiger partial charge in [-0.2, -0.15) is 0 Å². The van der Waals surface area contributed by atoms with Gasteiger partial charge >= 0.3 is 0 Å². The summed E-state index contributed by atoms with van der Waals surface area (Å²) >= 11 is 0. The van der Waals surface area contributed by atoms with Crippen LogP contribution in [0.15, 0.2) is 38.0 Å². The molecule has 0 aromatic heterocycles. The van der Waals surface area contributed by atoms with Gasteiger partial charge in [0, 0.05) is 0 Å². The van der Waals surface area contributed by atoms with Gasteiger partial charge in [-0.15, -0.1) is 0 Å². The zero-order valence-corrected chi connectivity index (χ0v) is 7.42. The van der Waals surface area contributed by atoms with E-state index < -0.39 is 0 Å². The van der Waals surface area contributed by atoms with Crippen LogP contribution in [-0.2, 0) is 0 Å². The molecular weight excluding hydrogens is 134 g/mol. The third-order valence-electron chi connectivity index (χ3n) is 1.71. The SMILES string of the molecule is C=CC[N+](C)(CC=C)CC=C. The molecule has 0 unspecified atom stereocenters. The van der Waals surface area contributed by atoms with Crippen LogP contribution in [0, 0.1) is 0 Å². The molecule has 0 fully saturated rings. The fraction of sp³-hybridized carbons (Fsp3) is 0.400. The Morgan fingerprint density at radius 3 is 1.36 bits per heavy atom. The highest BCUT2D eigenvalue weighted by Crippen LogP contribution is 2.01. The quantitative estimate of drug-likeness (QED) is 0.403. The molecule has 0 heterocycles. The molecular formula is C10H18N+. The Kier molecular flexibility index (Phi) is 4.55. The molecule has 0 bridgehead atoms. The van der Waals surface area contributed by atoms with Crippen LogP contribution in [0.4, 0.5) is 0 Å². The van der Waals surface area contributed by atoms with Crippen molar-refractivity contribution in [3.05, 3.63) is 38.0 Å². The summed E-state index contributed by atoms with van der Waals surface area (Å²) in [6.45, 7) is 14.1. The summed E-state index contributed by atoms with van der Waals surface area (Å²) in [5.41, 5.74) is 0. The number of nitrogens with zero attached hydrogens (tertiary/aromatic N) is 1. The smallest absolute Gasteiger partial charge is 0.0973 e. The molecule has 0 spiro atoms. The van der Waals surface area contributed by atoms with Crippen LogP contribution in [-0.4, -0.2) is 31.2 Å². The van der Waals surface area contributed by atoms with E-state index in [4.69, 9.17) is 0 Å². The third kappa shape index (κ3) is 3.79. The molecule has 0 saturated heterocycles. The lowest BCUT2D eigenvalue weighted by Gasteiger charge is -2.30. The molecule has 0 aliphatic carbocycles. The first-order chi connectivity index (χ1) is 5.18. The minimum atomic E-state index is 0.927. The normalized spacial score (nSPS) is 10.6. The summed E-state index contributed by atoms with van der Waals surface area (Å²) in [5, 5.41) is 0. The molecule has 1 nitrogen and oxygen atoms in total. The van der Waals surface area contributed by atoms with E-state index in [1.165, 1.54) is 0 Å². The first-order valence-corrected chi connectivity index (χ1v) is 3.85. The van der Waals surface area contributed by atoms with Crippen LogP contribution < -0.4 is 0 Å². The van der Waals surface area contributed by atoms with Crippen molar-refractivity contribution in [2.75, 3.05) is 26.7 Å². The van der Waals surface area contributed by atoms with Gasteiger partial charge < -0.3 is 4.48 Å². The molecule has 0 aliphatic rings. The number of hydrogen-bond donors (Lipinski definition) is 0. The molecule has 11 heavy (non-hydrogen) atoms. The first-order valence-electron chi connectivity index (χ1n) is 3.85. The molecule has 0 amide bonds. The van der Waals surface area contributed by atoms with Crippen LogP contribution in [0.5, 0.6) is 0 Å². The van der Waals surface area contributed by atoms with Gasteiger partial charge in [-0.3, -0.25) is 0 Å². The zero-order chi connectivity index (χ0) is 8.74. The van der Waals surface area contributed by atoms with Crippen molar-refractivity contribution in [3.63, 3.8) is 0 Å². The Bertz CT molecular complexity index is 120. The maximum absolute atomic E-state index is 3.73. The van der Waals surface area contributed by atoms with Gasteiger partial charge in [0.2, 0.25) is 0 Å². The molecule has 0 aromatic rings. The number of hydrogen-bond acceptors (Lipinski definition) is 0. The zero-order valence-electron chi connectivity index (χ0n) is 7.42. The lowest BCUT2D eigenvalue weighted by molar-refractivity contribution is -0.892.